The summed E-state index contributed by atoms with van der Waals surface area (Å²) >= 11 is 1.44. The lowest BCUT2D eigenvalue weighted by Crippen LogP contribution is -2.25. The number of H-pyrrole nitrogens is 1. The number of nitrogens with zero attached hydrogens (tertiary/aromatic N) is 2. The summed E-state index contributed by atoms with van der Waals surface area (Å²) in [5.74, 6) is 1.12. The Morgan fingerprint density at radius 3 is 3.11 bits per heavy atom. The van der Waals surface area contributed by atoms with Gasteiger partial charge in [-0.2, -0.15) is 0 Å². The van der Waals surface area contributed by atoms with Crippen molar-refractivity contribution in [2.24, 2.45) is 17.0 Å². The van der Waals surface area contributed by atoms with Crippen LogP contribution in [0, 0.1) is 11.8 Å². The first-order valence-electron chi connectivity index (χ1n) is 5.92. The molecule has 2 fully saturated rings. The molecule has 2 saturated carbocycles. The summed E-state index contributed by atoms with van der Waals surface area (Å²) in [5, 5.41) is 13.1. The van der Waals surface area contributed by atoms with E-state index in [1.165, 1.54) is 17.8 Å². The molecule has 18 heavy (non-hydrogen) atoms. The summed E-state index contributed by atoms with van der Waals surface area (Å²) in [7, 11) is 0. The SMILES string of the molecule is Nc1cc(=O)[nH]c(SC2C(=NO)C3CCC2C3)n1. The van der Waals surface area contributed by atoms with Gasteiger partial charge in [0.15, 0.2) is 5.16 Å². The van der Waals surface area contributed by atoms with Crippen LogP contribution >= 0.6 is 11.8 Å². The second kappa shape index (κ2) is 4.31. The molecule has 2 aliphatic carbocycles. The third-order valence-electron chi connectivity index (χ3n) is 3.70. The van der Waals surface area contributed by atoms with E-state index in [-0.39, 0.29) is 16.6 Å². The number of anilines is 1. The molecule has 0 spiro atoms. The molecule has 96 valence electrons. The van der Waals surface area contributed by atoms with Crippen LogP contribution in [-0.4, -0.2) is 26.1 Å². The van der Waals surface area contributed by atoms with E-state index in [9.17, 15) is 4.79 Å². The predicted octanol–water partition coefficient (Wildman–Crippen LogP) is 1.07. The third-order valence-corrected chi connectivity index (χ3v) is 5.00. The Morgan fingerprint density at radius 1 is 1.56 bits per heavy atom. The summed E-state index contributed by atoms with van der Waals surface area (Å²) < 4.78 is 0. The molecule has 3 unspecified atom stereocenters. The average Bonchev–Trinajstić information content (AvgIpc) is 2.88. The van der Waals surface area contributed by atoms with Crippen LogP contribution in [0.4, 0.5) is 5.82 Å². The van der Waals surface area contributed by atoms with Crippen LogP contribution in [0.3, 0.4) is 0 Å². The van der Waals surface area contributed by atoms with E-state index in [0.29, 0.717) is 17.0 Å². The maximum absolute atomic E-state index is 11.3. The maximum Gasteiger partial charge on any atom is 0.253 e. The van der Waals surface area contributed by atoms with Crippen molar-refractivity contribution in [1.82, 2.24) is 9.97 Å². The molecule has 0 aromatic carbocycles. The molecule has 1 aromatic heterocycles. The first-order valence-corrected chi connectivity index (χ1v) is 6.80. The van der Waals surface area contributed by atoms with E-state index in [4.69, 9.17) is 10.9 Å². The highest BCUT2D eigenvalue weighted by atomic mass is 32.2. The van der Waals surface area contributed by atoms with Gasteiger partial charge < -0.3 is 15.9 Å². The van der Waals surface area contributed by atoms with Crippen molar-refractivity contribution in [1.29, 1.82) is 0 Å². The largest absolute Gasteiger partial charge is 0.411 e. The quantitative estimate of drug-likeness (QED) is 0.422. The molecule has 0 aliphatic heterocycles. The molecule has 7 heteroatoms. The van der Waals surface area contributed by atoms with Crippen LogP contribution in [0.2, 0.25) is 0 Å². The van der Waals surface area contributed by atoms with Crippen molar-refractivity contribution >= 4 is 23.3 Å². The highest BCUT2D eigenvalue weighted by molar-refractivity contribution is 8.00. The Kier molecular flexibility index (Phi) is 2.77. The van der Waals surface area contributed by atoms with Crippen molar-refractivity contribution in [3.8, 4) is 0 Å². The lowest BCUT2D eigenvalue weighted by molar-refractivity contribution is 0.314. The number of oxime groups is 1. The Bertz CT molecular complexity index is 556. The predicted molar refractivity (Wildman–Crippen MR) is 69.0 cm³/mol. The topological polar surface area (TPSA) is 104 Å². The number of hydrogen-bond acceptors (Lipinski definition) is 6. The van der Waals surface area contributed by atoms with Gasteiger partial charge in [-0.1, -0.05) is 16.9 Å². The van der Waals surface area contributed by atoms with Crippen LogP contribution in [0.25, 0.3) is 0 Å². The van der Waals surface area contributed by atoms with Gasteiger partial charge in [0.05, 0.1) is 11.0 Å². The van der Waals surface area contributed by atoms with E-state index in [1.807, 2.05) is 0 Å². The number of nitrogen functional groups attached to an aromatic ring is 1. The van der Waals surface area contributed by atoms with Gasteiger partial charge in [-0.05, 0) is 25.2 Å². The van der Waals surface area contributed by atoms with Gasteiger partial charge >= 0.3 is 0 Å². The minimum absolute atomic E-state index is 0.110. The zero-order chi connectivity index (χ0) is 12.7. The van der Waals surface area contributed by atoms with Crippen molar-refractivity contribution < 1.29 is 5.21 Å². The molecule has 2 aliphatic rings. The normalized spacial score (nSPS) is 32.2. The van der Waals surface area contributed by atoms with Gasteiger partial charge in [-0.3, -0.25) is 4.79 Å². The molecule has 1 heterocycles. The number of fused-ring (bicyclic) bond motifs is 2. The van der Waals surface area contributed by atoms with Crippen molar-refractivity contribution in [2.75, 3.05) is 5.73 Å². The van der Waals surface area contributed by atoms with Crippen molar-refractivity contribution in [2.45, 2.75) is 29.7 Å². The van der Waals surface area contributed by atoms with Crippen LogP contribution in [-0.2, 0) is 0 Å². The first kappa shape index (κ1) is 11.6. The molecule has 6 nitrogen and oxygen atoms in total. The molecular formula is C11H14N4O2S. The number of nitrogens with two attached hydrogens (primary N) is 1. The van der Waals surface area contributed by atoms with Crippen LogP contribution in [0.5, 0.6) is 0 Å². The number of nitrogens with one attached hydrogen (secondary N) is 1. The highest BCUT2D eigenvalue weighted by Gasteiger charge is 2.46. The Labute approximate surface area is 108 Å². The first-order chi connectivity index (χ1) is 8.67. The summed E-state index contributed by atoms with van der Waals surface area (Å²) in [6, 6.07) is 1.26. The minimum Gasteiger partial charge on any atom is -0.411 e. The zero-order valence-corrected chi connectivity index (χ0v) is 10.5. The van der Waals surface area contributed by atoms with E-state index in [2.05, 4.69) is 15.1 Å². The van der Waals surface area contributed by atoms with Crippen LogP contribution in [0.1, 0.15) is 19.3 Å². The summed E-state index contributed by atoms with van der Waals surface area (Å²) in [6.45, 7) is 0. The van der Waals surface area contributed by atoms with Gasteiger partial charge in [0.25, 0.3) is 5.56 Å². The van der Waals surface area contributed by atoms with Gasteiger partial charge in [0.1, 0.15) is 5.82 Å². The number of aromatic amines is 1. The standard InChI is InChI=1S/C11H14N4O2S/c12-7-4-8(16)14-11(13-7)18-10-6-2-1-5(3-6)9(10)15-17/h4-6,10,17H,1-3H2,(H3,12,13,14,16). The van der Waals surface area contributed by atoms with Crippen molar-refractivity contribution in [3.05, 3.63) is 16.4 Å². The monoisotopic (exact) mass is 266 g/mol. The lowest BCUT2D eigenvalue weighted by Gasteiger charge is -2.21. The molecule has 3 atom stereocenters. The second-order valence-electron chi connectivity index (χ2n) is 4.81. The smallest absolute Gasteiger partial charge is 0.253 e. The summed E-state index contributed by atoms with van der Waals surface area (Å²) in [6.07, 6.45) is 3.32. The molecule has 0 saturated heterocycles. The molecule has 2 bridgehead atoms. The Balaban J connectivity index is 1.86. The molecule has 1 aromatic rings. The minimum atomic E-state index is -0.254. The van der Waals surface area contributed by atoms with Gasteiger partial charge in [-0.25, -0.2) is 4.98 Å². The second-order valence-corrected chi connectivity index (χ2v) is 5.94. The maximum atomic E-state index is 11.3. The molecule has 3 rings (SSSR count). The number of thioether (sulfide) groups is 1. The molecule has 0 radical (unpaired) electrons. The van der Waals surface area contributed by atoms with Crippen molar-refractivity contribution in [3.63, 3.8) is 0 Å². The third kappa shape index (κ3) is 1.88. The zero-order valence-electron chi connectivity index (χ0n) is 9.67. The van der Waals surface area contributed by atoms with Gasteiger partial charge in [0, 0.05) is 12.0 Å². The fraction of sp³-hybridized carbons (Fsp3) is 0.545. The average molecular weight is 266 g/mol. The fourth-order valence-corrected chi connectivity index (χ4v) is 4.32. The summed E-state index contributed by atoms with van der Waals surface area (Å²) in [5.41, 5.74) is 6.13. The molecular weight excluding hydrogens is 252 g/mol. The number of aromatic nitrogens is 2. The van der Waals surface area contributed by atoms with Crippen LogP contribution in [0.15, 0.2) is 21.2 Å². The van der Waals surface area contributed by atoms with Gasteiger partial charge in [-0.15, -0.1) is 0 Å². The Morgan fingerprint density at radius 2 is 2.39 bits per heavy atom. The molecule has 0 amide bonds. The van der Waals surface area contributed by atoms with E-state index in [1.54, 1.807) is 0 Å². The van der Waals surface area contributed by atoms with E-state index in [0.717, 1.165) is 25.0 Å². The Hall–Kier alpha value is -1.50. The van der Waals surface area contributed by atoms with Crippen LogP contribution < -0.4 is 11.3 Å². The van der Waals surface area contributed by atoms with Gasteiger partial charge in [0.2, 0.25) is 0 Å². The molecule has 4 N–H and O–H groups in total. The fourth-order valence-electron chi connectivity index (χ4n) is 2.96. The lowest BCUT2D eigenvalue weighted by atomic mass is 9.98. The van der Waals surface area contributed by atoms with E-state index < -0.39 is 0 Å². The highest BCUT2D eigenvalue weighted by Crippen LogP contribution is 2.48. The van der Waals surface area contributed by atoms with E-state index >= 15 is 0 Å². The summed E-state index contributed by atoms with van der Waals surface area (Å²) in [4.78, 5) is 18.1. The number of hydrogen-bond donors (Lipinski definition) is 3. The number of rotatable bonds is 2.